The molecule has 17 heavy (non-hydrogen) atoms. The van der Waals surface area contributed by atoms with Crippen LogP contribution in [0.3, 0.4) is 0 Å². The van der Waals surface area contributed by atoms with Crippen molar-refractivity contribution >= 4 is 23.2 Å². The van der Waals surface area contributed by atoms with Crippen LogP contribution in [0.1, 0.15) is 5.56 Å². The van der Waals surface area contributed by atoms with E-state index in [-0.39, 0.29) is 6.54 Å². The first kappa shape index (κ1) is 13.2. The molecule has 0 fully saturated rings. The van der Waals surface area contributed by atoms with Crippen molar-refractivity contribution < 1.29 is 9.53 Å². The van der Waals surface area contributed by atoms with Gasteiger partial charge in [0.2, 0.25) is 5.91 Å². The van der Waals surface area contributed by atoms with Gasteiger partial charge >= 0.3 is 0 Å². The van der Waals surface area contributed by atoms with Gasteiger partial charge in [0.15, 0.2) is 0 Å². The summed E-state index contributed by atoms with van der Waals surface area (Å²) in [5.41, 5.74) is 9.40. The number of azide groups is 1. The standard InChI is InChI=1S/C10H11ClN4O2/c1-6-3-8(9(17-2)4-7(6)11)14-10(16)5-13-15-12/h3-4H,5H2,1-2H3,(H,14,16). The minimum absolute atomic E-state index is 0.263. The van der Waals surface area contributed by atoms with E-state index in [9.17, 15) is 4.79 Å². The van der Waals surface area contributed by atoms with Gasteiger partial charge in [0, 0.05) is 16.0 Å². The number of methoxy groups -OCH3 is 1. The van der Waals surface area contributed by atoms with Gasteiger partial charge in [0.1, 0.15) is 12.3 Å². The number of aryl methyl sites for hydroxylation is 1. The van der Waals surface area contributed by atoms with Crippen LogP contribution in [0.2, 0.25) is 5.02 Å². The van der Waals surface area contributed by atoms with Gasteiger partial charge in [-0.2, -0.15) is 0 Å². The highest BCUT2D eigenvalue weighted by molar-refractivity contribution is 6.31. The van der Waals surface area contributed by atoms with Crippen LogP contribution in [-0.2, 0) is 4.79 Å². The molecule has 0 aliphatic carbocycles. The van der Waals surface area contributed by atoms with Gasteiger partial charge in [0.05, 0.1) is 12.8 Å². The van der Waals surface area contributed by atoms with Crippen LogP contribution >= 0.6 is 11.6 Å². The Balaban J connectivity index is 2.93. The van der Waals surface area contributed by atoms with Crippen molar-refractivity contribution in [2.75, 3.05) is 19.0 Å². The van der Waals surface area contributed by atoms with Crippen LogP contribution in [0, 0.1) is 6.92 Å². The molecule has 1 rings (SSSR count). The fourth-order valence-electron chi connectivity index (χ4n) is 1.22. The van der Waals surface area contributed by atoms with Crippen molar-refractivity contribution in [1.29, 1.82) is 0 Å². The van der Waals surface area contributed by atoms with Crippen LogP contribution in [-0.4, -0.2) is 19.6 Å². The molecule has 0 saturated heterocycles. The number of halogens is 1. The molecular weight excluding hydrogens is 244 g/mol. The van der Waals surface area contributed by atoms with Crippen LogP contribution in [0.25, 0.3) is 10.4 Å². The lowest BCUT2D eigenvalue weighted by atomic mass is 10.2. The van der Waals surface area contributed by atoms with E-state index in [0.717, 1.165) is 5.56 Å². The van der Waals surface area contributed by atoms with E-state index in [1.165, 1.54) is 7.11 Å². The SMILES string of the molecule is COc1cc(Cl)c(C)cc1NC(=O)CN=[N+]=[N-]. The number of ether oxygens (including phenoxy) is 1. The molecule has 0 radical (unpaired) electrons. The largest absolute Gasteiger partial charge is 0.495 e. The summed E-state index contributed by atoms with van der Waals surface area (Å²) < 4.78 is 5.08. The van der Waals surface area contributed by atoms with Crippen molar-refractivity contribution in [3.8, 4) is 5.75 Å². The predicted molar refractivity (Wildman–Crippen MR) is 65.4 cm³/mol. The molecule has 7 heteroatoms. The Morgan fingerprint density at radius 1 is 1.65 bits per heavy atom. The summed E-state index contributed by atoms with van der Waals surface area (Å²) >= 11 is 5.93. The topological polar surface area (TPSA) is 87.1 Å². The molecule has 1 aromatic carbocycles. The van der Waals surface area contributed by atoms with Crippen LogP contribution in [0.15, 0.2) is 17.2 Å². The first-order valence-electron chi connectivity index (χ1n) is 4.73. The summed E-state index contributed by atoms with van der Waals surface area (Å²) in [4.78, 5) is 13.9. The number of anilines is 1. The lowest BCUT2D eigenvalue weighted by Gasteiger charge is -2.11. The number of nitrogens with one attached hydrogen (secondary N) is 1. The van der Waals surface area contributed by atoms with E-state index < -0.39 is 5.91 Å². The average molecular weight is 255 g/mol. The smallest absolute Gasteiger partial charge is 0.230 e. The number of hydrogen-bond donors (Lipinski definition) is 1. The number of amides is 1. The Hall–Kier alpha value is -1.91. The van der Waals surface area contributed by atoms with E-state index in [0.29, 0.717) is 16.5 Å². The molecule has 0 atom stereocenters. The second-order valence-corrected chi connectivity index (χ2v) is 3.65. The lowest BCUT2D eigenvalue weighted by Crippen LogP contribution is -2.15. The third kappa shape index (κ3) is 3.55. The normalized spacial score (nSPS) is 9.35. The molecule has 0 aliphatic rings. The monoisotopic (exact) mass is 254 g/mol. The Labute approximate surface area is 103 Å². The fraction of sp³-hybridized carbons (Fsp3) is 0.300. The third-order valence-electron chi connectivity index (χ3n) is 2.03. The highest BCUT2D eigenvalue weighted by Gasteiger charge is 2.09. The van der Waals surface area contributed by atoms with Gasteiger partial charge in [-0.25, -0.2) is 0 Å². The molecule has 0 aromatic heterocycles. The number of hydrogen-bond acceptors (Lipinski definition) is 3. The van der Waals surface area contributed by atoms with Crippen molar-refractivity contribution in [3.05, 3.63) is 33.2 Å². The van der Waals surface area contributed by atoms with Gasteiger partial charge in [-0.05, 0) is 24.1 Å². The van der Waals surface area contributed by atoms with Crippen molar-refractivity contribution in [2.24, 2.45) is 5.11 Å². The van der Waals surface area contributed by atoms with E-state index in [2.05, 4.69) is 15.3 Å². The molecule has 1 N–H and O–H groups in total. The molecule has 0 spiro atoms. The second kappa shape index (κ2) is 5.98. The summed E-state index contributed by atoms with van der Waals surface area (Å²) in [6, 6.07) is 3.30. The maximum Gasteiger partial charge on any atom is 0.230 e. The lowest BCUT2D eigenvalue weighted by molar-refractivity contribution is -0.114. The molecular formula is C10H11ClN4O2. The summed E-state index contributed by atoms with van der Waals surface area (Å²) in [5.74, 6) is 0.0395. The quantitative estimate of drug-likeness (QED) is 0.509. The van der Waals surface area contributed by atoms with Crippen molar-refractivity contribution in [2.45, 2.75) is 6.92 Å². The molecule has 0 heterocycles. The molecule has 0 aliphatic heterocycles. The molecule has 6 nitrogen and oxygen atoms in total. The van der Waals surface area contributed by atoms with Crippen molar-refractivity contribution in [1.82, 2.24) is 0 Å². The zero-order valence-corrected chi connectivity index (χ0v) is 10.2. The Bertz CT molecular complexity index is 483. The van der Waals surface area contributed by atoms with Crippen LogP contribution < -0.4 is 10.1 Å². The van der Waals surface area contributed by atoms with Crippen molar-refractivity contribution in [3.63, 3.8) is 0 Å². The highest BCUT2D eigenvalue weighted by atomic mass is 35.5. The second-order valence-electron chi connectivity index (χ2n) is 3.24. The molecule has 1 amide bonds. The van der Waals surface area contributed by atoms with E-state index in [1.807, 2.05) is 6.92 Å². The van der Waals surface area contributed by atoms with Gasteiger partial charge in [-0.3, -0.25) is 4.79 Å². The number of nitrogens with zero attached hydrogens (tertiary/aromatic N) is 3. The first-order chi connectivity index (χ1) is 8.08. The van der Waals surface area contributed by atoms with E-state index in [1.54, 1.807) is 12.1 Å². The number of benzene rings is 1. The Morgan fingerprint density at radius 3 is 2.94 bits per heavy atom. The maximum absolute atomic E-state index is 11.4. The zero-order chi connectivity index (χ0) is 12.8. The summed E-state index contributed by atoms with van der Waals surface area (Å²) in [5, 5.41) is 6.29. The summed E-state index contributed by atoms with van der Waals surface area (Å²) in [6.45, 7) is 1.55. The minimum Gasteiger partial charge on any atom is -0.495 e. The number of carbonyl (C=O) groups excluding carboxylic acids is 1. The van der Waals surface area contributed by atoms with Gasteiger partial charge in [0.25, 0.3) is 0 Å². The Morgan fingerprint density at radius 2 is 2.35 bits per heavy atom. The molecule has 0 saturated carbocycles. The van der Waals surface area contributed by atoms with E-state index in [4.69, 9.17) is 21.9 Å². The van der Waals surface area contributed by atoms with E-state index >= 15 is 0 Å². The highest BCUT2D eigenvalue weighted by Crippen LogP contribution is 2.30. The maximum atomic E-state index is 11.4. The Kier molecular flexibility index (Phi) is 4.63. The number of rotatable bonds is 4. The first-order valence-corrected chi connectivity index (χ1v) is 5.11. The average Bonchev–Trinajstić information content (AvgIpc) is 2.31. The molecule has 90 valence electrons. The summed E-state index contributed by atoms with van der Waals surface area (Å²) in [6.07, 6.45) is 0. The molecule has 1 aromatic rings. The number of carbonyl (C=O) groups is 1. The summed E-state index contributed by atoms with van der Waals surface area (Å²) in [7, 11) is 1.48. The third-order valence-corrected chi connectivity index (χ3v) is 2.44. The van der Waals surface area contributed by atoms with Gasteiger partial charge < -0.3 is 10.1 Å². The zero-order valence-electron chi connectivity index (χ0n) is 9.40. The minimum atomic E-state index is -0.414. The molecule has 0 unspecified atom stereocenters. The van der Waals surface area contributed by atoms with Crippen LogP contribution in [0.5, 0.6) is 5.75 Å². The predicted octanol–water partition coefficient (Wildman–Crippen LogP) is 2.91. The van der Waals surface area contributed by atoms with Crippen LogP contribution in [0.4, 0.5) is 5.69 Å². The molecule has 0 bridgehead atoms. The van der Waals surface area contributed by atoms with Gasteiger partial charge in [-0.1, -0.05) is 16.7 Å². The fourth-order valence-corrected chi connectivity index (χ4v) is 1.37. The van der Waals surface area contributed by atoms with Gasteiger partial charge in [-0.15, -0.1) is 0 Å².